The molecule has 2 heterocycles. The van der Waals surface area contributed by atoms with E-state index in [-0.39, 0.29) is 6.04 Å². The number of nitrogens with zero attached hydrogens (tertiary/aromatic N) is 1. The van der Waals surface area contributed by atoms with Gasteiger partial charge in [-0.1, -0.05) is 24.3 Å². The highest BCUT2D eigenvalue weighted by atomic mass is 32.2. The van der Waals surface area contributed by atoms with Crippen molar-refractivity contribution in [3.63, 3.8) is 0 Å². The number of aryl methyl sites for hydroxylation is 1. The molecule has 0 saturated heterocycles. The predicted molar refractivity (Wildman–Crippen MR) is 93.4 cm³/mol. The molecule has 1 aromatic carbocycles. The molecule has 0 spiro atoms. The van der Waals surface area contributed by atoms with Gasteiger partial charge in [-0.25, -0.2) is 13.1 Å². The van der Waals surface area contributed by atoms with Crippen LogP contribution < -0.4 is 4.72 Å². The van der Waals surface area contributed by atoms with Gasteiger partial charge in [-0.05, 0) is 42.3 Å². The Kier molecular flexibility index (Phi) is 3.55. The van der Waals surface area contributed by atoms with Crippen LogP contribution in [-0.4, -0.2) is 19.0 Å². The molecule has 4 rings (SSSR count). The van der Waals surface area contributed by atoms with Gasteiger partial charge in [0.2, 0.25) is 10.0 Å². The summed E-state index contributed by atoms with van der Waals surface area (Å²) in [6.07, 6.45) is 2.49. The van der Waals surface area contributed by atoms with Crippen molar-refractivity contribution in [2.75, 3.05) is 0 Å². The van der Waals surface area contributed by atoms with Crippen LogP contribution in [0.3, 0.4) is 0 Å². The number of thiophene rings is 1. The van der Waals surface area contributed by atoms with Crippen molar-refractivity contribution in [3.05, 3.63) is 53.0 Å². The number of sulfonamides is 1. The van der Waals surface area contributed by atoms with Crippen molar-refractivity contribution in [3.8, 4) is 0 Å². The molecule has 120 valence electrons. The van der Waals surface area contributed by atoms with Crippen LogP contribution in [0.15, 0.2) is 46.0 Å². The molecular formula is C17H18N2O2S2. The minimum absolute atomic E-state index is 0.0413. The molecule has 1 atom stereocenters. The molecule has 0 aliphatic heterocycles. The fraction of sp³-hybridized carbons (Fsp3) is 0.294. The minimum Gasteiger partial charge on any atom is -0.347 e. The van der Waals surface area contributed by atoms with Crippen molar-refractivity contribution in [2.24, 2.45) is 7.05 Å². The lowest BCUT2D eigenvalue weighted by atomic mass is 9.92. The first kappa shape index (κ1) is 14.9. The third kappa shape index (κ3) is 2.51. The Hall–Kier alpha value is -1.63. The Bertz CT molecular complexity index is 956. The van der Waals surface area contributed by atoms with Gasteiger partial charge in [0.15, 0.2) is 0 Å². The van der Waals surface area contributed by atoms with E-state index in [1.54, 1.807) is 17.5 Å². The van der Waals surface area contributed by atoms with Crippen LogP contribution in [0, 0.1) is 0 Å². The number of para-hydroxylation sites is 1. The predicted octanol–water partition coefficient (Wildman–Crippen LogP) is 3.08. The molecule has 23 heavy (non-hydrogen) atoms. The van der Waals surface area contributed by atoms with Crippen molar-refractivity contribution in [1.82, 2.24) is 9.29 Å². The van der Waals surface area contributed by atoms with E-state index in [0.29, 0.717) is 4.21 Å². The maximum absolute atomic E-state index is 12.4. The van der Waals surface area contributed by atoms with E-state index < -0.39 is 10.0 Å². The molecule has 1 unspecified atom stereocenters. The highest BCUT2D eigenvalue weighted by Crippen LogP contribution is 2.32. The Balaban J connectivity index is 1.66. The summed E-state index contributed by atoms with van der Waals surface area (Å²) in [6, 6.07) is 11.7. The van der Waals surface area contributed by atoms with Crippen LogP contribution in [0.4, 0.5) is 0 Å². The quantitative estimate of drug-likeness (QED) is 0.792. The molecule has 6 heteroatoms. The number of benzene rings is 1. The largest absolute Gasteiger partial charge is 0.347 e. The van der Waals surface area contributed by atoms with Crippen molar-refractivity contribution >= 4 is 32.3 Å². The Morgan fingerprint density at radius 2 is 2.04 bits per heavy atom. The summed E-state index contributed by atoms with van der Waals surface area (Å²) in [5.74, 6) is 0. The van der Waals surface area contributed by atoms with Gasteiger partial charge in [-0.2, -0.15) is 0 Å². The van der Waals surface area contributed by atoms with Gasteiger partial charge >= 0.3 is 0 Å². The lowest BCUT2D eigenvalue weighted by Crippen LogP contribution is -2.38. The van der Waals surface area contributed by atoms with Gasteiger partial charge < -0.3 is 4.57 Å². The molecule has 2 aromatic heterocycles. The van der Waals surface area contributed by atoms with Gasteiger partial charge in [0, 0.05) is 29.7 Å². The van der Waals surface area contributed by atoms with E-state index >= 15 is 0 Å². The van der Waals surface area contributed by atoms with Gasteiger partial charge in [-0.3, -0.25) is 0 Å². The first-order chi connectivity index (χ1) is 11.1. The number of fused-ring (bicyclic) bond motifs is 3. The number of hydrogen-bond donors (Lipinski definition) is 1. The van der Waals surface area contributed by atoms with Crippen LogP contribution in [0.1, 0.15) is 17.7 Å². The molecule has 4 nitrogen and oxygen atoms in total. The van der Waals surface area contributed by atoms with Crippen LogP contribution >= 0.6 is 11.3 Å². The normalized spacial score (nSPS) is 18.2. The summed E-state index contributed by atoms with van der Waals surface area (Å²) >= 11 is 1.26. The van der Waals surface area contributed by atoms with Gasteiger partial charge in [0.25, 0.3) is 0 Å². The number of nitrogens with one attached hydrogen (secondary N) is 1. The Morgan fingerprint density at radius 1 is 1.22 bits per heavy atom. The van der Waals surface area contributed by atoms with E-state index in [4.69, 9.17) is 0 Å². The molecule has 0 amide bonds. The third-order valence-electron chi connectivity index (χ3n) is 4.61. The monoisotopic (exact) mass is 346 g/mol. The summed E-state index contributed by atoms with van der Waals surface area (Å²) in [7, 11) is -1.31. The lowest BCUT2D eigenvalue weighted by molar-refractivity contribution is 0.502. The Morgan fingerprint density at radius 3 is 2.83 bits per heavy atom. The van der Waals surface area contributed by atoms with E-state index in [2.05, 4.69) is 28.5 Å². The van der Waals surface area contributed by atoms with Crippen LogP contribution in [-0.2, 0) is 29.9 Å². The van der Waals surface area contributed by atoms with Gasteiger partial charge in [-0.15, -0.1) is 11.3 Å². The SMILES string of the molecule is Cn1c2c(c3ccccc31)CC(NS(=O)(=O)c1cccs1)CC2. The zero-order valence-corrected chi connectivity index (χ0v) is 14.5. The molecule has 0 saturated carbocycles. The zero-order valence-electron chi connectivity index (χ0n) is 12.8. The molecule has 0 radical (unpaired) electrons. The molecule has 3 aromatic rings. The summed E-state index contributed by atoms with van der Waals surface area (Å²) in [6.45, 7) is 0. The van der Waals surface area contributed by atoms with Crippen LogP contribution in [0.5, 0.6) is 0 Å². The second-order valence-corrected chi connectivity index (χ2v) is 8.88. The fourth-order valence-corrected chi connectivity index (χ4v) is 5.80. The van der Waals surface area contributed by atoms with Crippen molar-refractivity contribution in [2.45, 2.75) is 29.5 Å². The Labute approximate surface area is 139 Å². The average molecular weight is 346 g/mol. The van der Waals surface area contributed by atoms with Crippen LogP contribution in [0.25, 0.3) is 10.9 Å². The molecule has 1 aliphatic rings. The van der Waals surface area contributed by atoms with Gasteiger partial charge in [0.1, 0.15) is 4.21 Å². The highest BCUT2D eigenvalue weighted by Gasteiger charge is 2.28. The zero-order chi connectivity index (χ0) is 16.0. The third-order valence-corrected chi connectivity index (χ3v) is 7.52. The maximum atomic E-state index is 12.4. The van der Waals surface area contributed by atoms with E-state index in [0.717, 1.165) is 19.3 Å². The maximum Gasteiger partial charge on any atom is 0.250 e. The molecule has 1 aliphatic carbocycles. The standard InChI is InChI=1S/C17H18N2O2S2/c1-19-15-6-3-2-5-13(15)14-11-12(8-9-16(14)19)18-23(20,21)17-7-4-10-22-17/h2-7,10,12,18H,8-9,11H2,1H3. The molecule has 1 N–H and O–H groups in total. The van der Waals surface area contributed by atoms with Crippen LogP contribution in [0.2, 0.25) is 0 Å². The summed E-state index contributed by atoms with van der Waals surface area (Å²) in [5.41, 5.74) is 3.84. The van der Waals surface area contributed by atoms with Gasteiger partial charge in [0.05, 0.1) is 0 Å². The smallest absolute Gasteiger partial charge is 0.250 e. The van der Waals surface area contributed by atoms with Crippen molar-refractivity contribution in [1.29, 1.82) is 0 Å². The highest BCUT2D eigenvalue weighted by molar-refractivity contribution is 7.91. The molecule has 0 fully saturated rings. The lowest BCUT2D eigenvalue weighted by Gasteiger charge is -2.24. The number of hydrogen-bond acceptors (Lipinski definition) is 3. The van der Waals surface area contributed by atoms with E-state index in [1.807, 2.05) is 12.1 Å². The molecular weight excluding hydrogens is 328 g/mol. The average Bonchev–Trinajstić information content (AvgIpc) is 3.16. The van der Waals surface area contributed by atoms with Crippen molar-refractivity contribution < 1.29 is 8.42 Å². The summed E-state index contributed by atoms with van der Waals surface area (Å²) < 4.78 is 30.4. The number of rotatable bonds is 3. The van der Waals surface area contributed by atoms with E-state index in [1.165, 1.54) is 33.5 Å². The topological polar surface area (TPSA) is 51.1 Å². The fourth-order valence-electron chi connectivity index (χ4n) is 3.52. The van der Waals surface area contributed by atoms with E-state index in [9.17, 15) is 8.42 Å². The first-order valence-corrected chi connectivity index (χ1v) is 10.0. The first-order valence-electron chi connectivity index (χ1n) is 7.67. The minimum atomic E-state index is -3.40. The second kappa shape index (κ2) is 5.47. The second-order valence-electron chi connectivity index (χ2n) is 5.99. The number of aromatic nitrogens is 1. The summed E-state index contributed by atoms with van der Waals surface area (Å²) in [5, 5.41) is 3.03. The summed E-state index contributed by atoms with van der Waals surface area (Å²) in [4.78, 5) is 0. The molecule has 0 bridgehead atoms.